The van der Waals surface area contributed by atoms with E-state index in [4.69, 9.17) is 16.3 Å². The molecule has 0 N–H and O–H groups in total. The summed E-state index contributed by atoms with van der Waals surface area (Å²) in [6.07, 6.45) is 0. The van der Waals surface area contributed by atoms with Gasteiger partial charge in [0.25, 0.3) is 0 Å². The van der Waals surface area contributed by atoms with Gasteiger partial charge in [-0.15, -0.1) is 10.2 Å². The minimum atomic E-state index is 0.158. The first-order chi connectivity index (χ1) is 8.45. The zero-order valence-electron chi connectivity index (χ0n) is 10.6. The van der Waals surface area contributed by atoms with E-state index in [1.807, 2.05) is 12.1 Å². The number of nitrogens with zero attached hydrogens (tertiary/aromatic N) is 2. The number of aromatic nitrogens is 2. The average Bonchev–Trinajstić information content (AvgIpc) is 2.72. The number of hydrogen-bond donors (Lipinski definition) is 0. The molecule has 96 valence electrons. The van der Waals surface area contributed by atoms with E-state index in [0.29, 0.717) is 11.1 Å². The Hall–Kier alpha value is -1.13. The van der Waals surface area contributed by atoms with E-state index in [9.17, 15) is 0 Å². The van der Waals surface area contributed by atoms with Crippen LogP contribution >= 0.6 is 22.9 Å². The molecule has 0 aliphatic rings. The molecule has 1 aromatic carbocycles. The molecule has 0 spiro atoms. The summed E-state index contributed by atoms with van der Waals surface area (Å²) in [6.45, 7) is 6.96. The lowest BCUT2D eigenvalue weighted by atomic mass is 9.87. The molecule has 1 aromatic heterocycles. The van der Waals surface area contributed by atoms with Gasteiger partial charge in [0.2, 0.25) is 4.47 Å². The van der Waals surface area contributed by atoms with Gasteiger partial charge in [-0.1, -0.05) is 44.2 Å². The SMILES string of the molecule is CC(C)(C)c1ccc(OCc2nnc(Cl)s2)cc1. The minimum Gasteiger partial charge on any atom is -0.486 e. The normalized spacial score (nSPS) is 11.6. The Kier molecular flexibility index (Phi) is 3.88. The van der Waals surface area contributed by atoms with Crippen LogP contribution in [0, 0.1) is 0 Å². The minimum absolute atomic E-state index is 0.158. The summed E-state index contributed by atoms with van der Waals surface area (Å²) in [5.41, 5.74) is 1.44. The zero-order valence-corrected chi connectivity index (χ0v) is 12.2. The van der Waals surface area contributed by atoms with Gasteiger partial charge in [0.15, 0.2) is 5.01 Å². The van der Waals surface area contributed by atoms with E-state index in [0.717, 1.165) is 10.8 Å². The van der Waals surface area contributed by atoms with Crippen molar-refractivity contribution in [2.45, 2.75) is 32.8 Å². The molecule has 0 saturated carbocycles. The predicted octanol–water partition coefficient (Wildman–Crippen LogP) is 4.07. The third kappa shape index (κ3) is 3.43. The van der Waals surface area contributed by atoms with Crippen molar-refractivity contribution in [3.63, 3.8) is 0 Å². The van der Waals surface area contributed by atoms with Crippen LogP contribution in [0.25, 0.3) is 0 Å². The molecule has 0 unspecified atom stereocenters. The van der Waals surface area contributed by atoms with Crippen molar-refractivity contribution in [1.29, 1.82) is 0 Å². The Morgan fingerprint density at radius 1 is 1.17 bits per heavy atom. The number of hydrogen-bond acceptors (Lipinski definition) is 4. The molecule has 0 amide bonds. The van der Waals surface area contributed by atoms with Crippen LogP contribution in [0.4, 0.5) is 0 Å². The molecule has 0 saturated heterocycles. The van der Waals surface area contributed by atoms with E-state index >= 15 is 0 Å². The smallest absolute Gasteiger partial charge is 0.207 e. The summed E-state index contributed by atoms with van der Waals surface area (Å²) in [4.78, 5) is 0. The van der Waals surface area contributed by atoms with Crippen molar-refractivity contribution in [1.82, 2.24) is 10.2 Å². The zero-order chi connectivity index (χ0) is 13.2. The number of benzene rings is 1. The highest BCUT2D eigenvalue weighted by Gasteiger charge is 2.13. The van der Waals surface area contributed by atoms with Crippen LogP contribution in [0.2, 0.25) is 4.47 Å². The molecular formula is C13H15ClN2OS. The fourth-order valence-corrected chi connectivity index (χ4v) is 2.27. The lowest BCUT2D eigenvalue weighted by Crippen LogP contribution is -2.10. The van der Waals surface area contributed by atoms with Crippen LogP contribution in [-0.4, -0.2) is 10.2 Å². The number of rotatable bonds is 3. The quantitative estimate of drug-likeness (QED) is 0.851. The highest BCUT2D eigenvalue weighted by Crippen LogP contribution is 2.25. The molecule has 0 aliphatic heterocycles. The molecule has 0 fully saturated rings. The Morgan fingerprint density at radius 3 is 2.33 bits per heavy atom. The molecule has 3 nitrogen and oxygen atoms in total. The van der Waals surface area contributed by atoms with Crippen LogP contribution < -0.4 is 4.74 Å². The summed E-state index contributed by atoms with van der Waals surface area (Å²) in [5, 5.41) is 8.41. The fourth-order valence-electron chi connectivity index (χ4n) is 1.49. The van der Waals surface area contributed by atoms with Gasteiger partial charge in [-0.25, -0.2) is 0 Å². The summed E-state index contributed by atoms with van der Waals surface area (Å²) >= 11 is 7.04. The van der Waals surface area contributed by atoms with Crippen molar-refractivity contribution < 1.29 is 4.74 Å². The van der Waals surface area contributed by atoms with Crippen molar-refractivity contribution in [3.05, 3.63) is 39.3 Å². The van der Waals surface area contributed by atoms with Gasteiger partial charge in [-0.3, -0.25) is 0 Å². The Bertz CT molecular complexity index is 517. The Morgan fingerprint density at radius 2 is 1.83 bits per heavy atom. The molecule has 0 atom stereocenters. The number of halogens is 1. The second-order valence-corrected chi connectivity index (χ2v) is 6.66. The third-order valence-electron chi connectivity index (χ3n) is 2.52. The van der Waals surface area contributed by atoms with Crippen LogP contribution in [0.1, 0.15) is 31.3 Å². The molecule has 2 aromatic rings. The van der Waals surface area contributed by atoms with E-state index in [1.54, 1.807) is 0 Å². The van der Waals surface area contributed by atoms with Crippen LogP contribution in [0.3, 0.4) is 0 Å². The monoisotopic (exact) mass is 282 g/mol. The van der Waals surface area contributed by atoms with Gasteiger partial charge in [-0.2, -0.15) is 0 Å². The average molecular weight is 283 g/mol. The first-order valence-electron chi connectivity index (χ1n) is 5.66. The molecule has 2 rings (SSSR count). The van der Waals surface area contributed by atoms with E-state index in [1.165, 1.54) is 16.9 Å². The maximum atomic E-state index is 5.70. The molecule has 18 heavy (non-hydrogen) atoms. The third-order valence-corrected chi connectivity index (χ3v) is 3.52. The van der Waals surface area contributed by atoms with Crippen molar-refractivity contribution in [2.24, 2.45) is 0 Å². The van der Waals surface area contributed by atoms with Gasteiger partial charge in [-0.05, 0) is 34.7 Å². The highest BCUT2D eigenvalue weighted by molar-refractivity contribution is 7.15. The Labute approximate surface area is 116 Å². The maximum absolute atomic E-state index is 5.70. The van der Waals surface area contributed by atoms with Crippen molar-refractivity contribution in [3.8, 4) is 5.75 Å². The summed E-state index contributed by atoms with van der Waals surface area (Å²) in [7, 11) is 0. The topological polar surface area (TPSA) is 35.0 Å². The van der Waals surface area contributed by atoms with Gasteiger partial charge >= 0.3 is 0 Å². The van der Waals surface area contributed by atoms with Gasteiger partial charge < -0.3 is 4.74 Å². The van der Waals surface area contributed by atoms with Crippen molar-refractivity contribution >= 4 is 22.9 Å². The first-order valence-corrected chi connectivity index (χ1v) is 6.86. The highest BCUT2D eigenvalue weighted by atomic mass is 35.5. The Balaban J connectivity index is 1.98. The second kappa shape index (κ2) is 5.24. The van der Waals surface area contributed by atoms with Gasteiger partial charge in [0.05, 0.1) is 0 Å². The molecule has 0 bridgehead atoms. The number of ether oxygens (including phenoxy) is 1. The second-order valence-electron chi connectivity index (χ2n) is 5.01. The molecular weight excluding hydrogens is 268 g/mol. The summed E-state index contributed by atoms with van der Waals surface area (Å²) < 4.78 is 6.06. The first kappa shape index (κ1) is 13.3. The predicted molar refractivity (Wildman–Crippen MR) is 74.4 cm³/mol. The molecule has 0 aliphatic carbocycles. The van der Waals surface area contributed by atoms with E-state index in [2.05, 4.69) is 43.1 Å². The van der Waals surface area contributed by atoms with Crippen LogP contribution in [0.15, 0.2) is 24.3 Å². The van der Waals surface area contributed by atoms with Gasteiger partial charge in [0, 0.05) is 0 Å². The summed E-state index contributed by atoms with van der Waals surface area (Å²) in [6, 6.07) is 8.12. The maximum Gasteiger partial charge on any atom is 0.207 e. The fraction of sp³-hybridized carbons (Fsp3) is 0.385. The van der Waals surface area contributed by atoms with E-state index < -0.39 is 0 Å². The molecule has 1 heterocycles. The van der Waals surface area contributed by atoms with Gasteiger partial charge in [0.1, 0.15) is 12.4 Å². The largest absolute Gasteiger partial charge is 0.486 e. The van der Waals surface area contributed by atoms with Crippen LogP contribution in [-0.2, 0) is 12.0 Å². The lowest BCUT2D eigenvalue weighted by molar-refractivity contribution is 0.304. The molecule has 5 heteroatoms. The standard InChI is InChI=1S/C13H15ClN2OS/c1-13(2,3)9-4-6-10(7-5-9)17-8-11-15-16-12(14)18-11/h4-7H,8H2,1-3H3. The molecule has 0 radical (unpaired) electrons. The van der Waals surface area contributed by atoms with Crippen molar-refractivity contribution in [2.75, 3.05) is 0 Å². The van der Waals surface area contributed by atoms with E-state index in [-0.39, 0.29) is 5.41 Å². The lowest BCUT2D eigenvalue weighted by Gasteiger charge is -2.19. The summed E-state index contributed by atoms with van der Waals surface area (Å²) in [5.74, 6) is 0.828. The van der Waals surface area contributed by atoms with Crippen LogP contribution in [0.5, 0.6) is 5.75 Å².